The molecular formula is C18H24OSi. The Morgan fingerprint density at radius 2 is 1.90 bits per heavy atom. The Kier molecular flexibility index (Phi) is 4.76. The molecule has 106 valence electrons. The van der Waals surface area contributed by atoms with Crippen molar-refractivity contribution < 1.29 is 4.79 Å². The summed E-state index contributed by atoms with van der Waals surface area (Å²) >= 11 is 0. The molecule has 0 bridgehead atoms. The van der Waals surface area contributed by atoms with Gasteiger partial charge in [-0.05, 0) is 36.5 Å². The summed E-state index contributed by atoms with van der Waals surface area (Å²) in [5.74, 6) is 0.622. The summed E-state index contributed by atoms with van der Waals surface area (Å²) in [6, 6.07) is 10.5. The molecule has 0 radical (unpaired) electrons. The normalized spacial score (nSPS) is 19.9. The molecule has 1 aromatic carbocycles. The van der Waals surface area contributed by atoms with Gasteiger partial charge in [0.1, 0.15) is 0 Å². The molecule has 1 nitrogen and oxygen atoms in total. The maximum atomic E-state index is 12.3. The van der Waals surface area contributed by atoms with Crippen molar-refractivity contribution in [3.63, 3.8) is 0 Å². The van der Waals surface area contributed by atoms with E-state index in [0.29, 0.717) is 5.92 Å². The van der Waals surface area contributed by atoms with Crippen LogP contribution in [0.4, 0.5) is 0 Å². The number of allylic oxidation sites excluding steroid dienone is 3. The van der Waals surface area contributed by atoms with Crippen molar-refractivity contribution >= 4 is 13.9 Å². The molecule has 0 aromatic heterocycles. The lowest BCUT2D eigenvalue weighted by Crippen LogP contribution is -2.17. The lowest BCUT2D eigenvalue weighted by atomic mass is 9.84. The first kappa shape index (κ1) is 15.0. The molecule has 0 spiro atoms. The molecule has 1 aliphatic rings. The Balaban J connectivity index is 2.14. The van der Waals surface area contributed by atoms with Gasteiger partial charge in [-0.3, -0.25) is 4.79 Å². The number of benzene rings is 1. The summed E-state index contributed by atoms with van der Waals surface area (Å²) in [6.07, 6.45) is 7.19. The standard InChI is InChI=1S/C18H24OSi/c1-20(2,3)13-12-18(19)17-11-7-10-16(14-17)15-8-5-4-6-9-15/h4-6,8-9,12-14,16H,7,10-11H2,1-3H3/b13-12+. The molecule has 1 atom stereocenters. The van der Waals surface area contributed by atoms with Crippen LogP contribution in [0.25, 0.3) is 0 Å². The number of carbonyl (C=O) groups excluding carboxylic acids is 1. The first-order chi connectivity index (χ1) is 9.46. The monoisotopic (exact) mass is 284 g/mol. The van der Waals surface area contributed by atoms with E-state index >= 15 is 0 Å². The van der Waals surface area contributed by atoms with Crippen LogP contribution in [-0.4, -0.2) is 13.9 Å². The average Bonchev–Trinajstić information content (AvgIpc) is 2.45. The van der Waals surface area contributed by atoms with E-state index in [1.807, 2.05) is 12.1 Å². The lowest BCUT2D eigenvalue weighted by Gasteiger charge is -2.20. The molecule has 0 saturated carbocycles. The van der Waals surface area contributed by atoms with E-state index in [9.17, 15) is 4.79 Å². The van der Waals surface area contributed by atoms with Gasteiger partial charge in [0, 0.05) is 5.92 Å². The van der Waals surface area contributed by atoms with Crippen LogP contribution in [0.2, 0.25) is 19.6 Å². The molecule has 0 fully saturated rings. The SMILES string of the molecule is C[Si](C)(C)/C=C/C(=O)C1=CC(c2ccccc2)CCC1. The highest BCUT2D eigenvalue weighted by molar-refractivity contribution is 6.81. The average molecular weight is 284 g/mol. The molecule has 1 aromatic rings. The maximum Gasteiger partial charge on any atom is 0.180 e. The van der Waals surface area contributed by atoms with Gasteiger partial charge in [0.25, 0.3) is 0 Å². The van der Waals surface area contributed by atoms with Crippen LogP contribution >= 0.6 is 0 Å². The zero-order chi connectivity index (χ0) is 14.6. The van der Waals surface area contributed by atoms with E-state index in [1.165, 1.54) is 5.56 Å². The van der Waals surface area contributed by atoms with Gasteiger partial charge in [0.05, 0.1) is 8.07 Å². The predicted octanol–water partition coefficient (Wildman–Crippen LogP) is 4.88. The molecule has 0 N–H and O–H groups in total. The van der Waals surface area contributed by atoms with Gasteiger partial charge < -0.3 is 0 Å². The van der Waals surface area contributed by atoms with Crippen molar-refractivity contribution in [3.05, 3.63) is 59.3 Å². The smallest absolute Gasteiger partial charge is 0.180 e. The fourth-order valence-corrected chi connectivity index (χ4v) is 3.17. The summed E-state index contributed by atoms with van der Waals surface area (Å²) in [6.45, 7) is 6.75. The second-order valence-electron chi connectivity index (χ2n) is 6.66. The maximum absolute atomic E-state index is 12.3. The van der Waals surface area contributed by atoms with Gasteiger partial charge in [-0.25, -0.2) is 0 Å². The number of hydrogen-bond donors (Lipinski definition) is 0. The van der Waals surface area contributed by atoms with Crippen LogP contribution in [0.3, 0.4) is 0 Å². The molecule has 0 amide bonds. The molecule has 0 aliphatic heterocycles. The second-order valence-corrected chi connectivity index (χ2v) is 11.7. The Morgan fingerprint density at radius 3 is 2.55 bits per heavy atom. The fraction of sp³-hybridized carbons (Fsp3) is 0.389. The third-order valence-electron chi connectivity index (χ3n) is 3.64. The molecule has 0 saturated heterocycles. The minimum absolute atomic E-state index is 0.216. The summed E-state index contributed by atoms with van der Waals surface area (Å²) in [4.78, 5) is 12.3. The highest BCUT2D eigenvalue weighted by Gasteiger charge is 2.18. The molecule has 1 unspecified atom stereocenters. The van der Waals surface area contributed by atoms with Crippen LogP contribution in [0.15, 0.2) is 53.8 Å². The first-order valence-electron chi connectivity index (χ1n) is 7.45. The highest BCUT2D eigenvalue weighted by atomic mass is 28.3. The lowest BCUT2D eigenvalue weighted by molar-refractivity contribution is -0.111. The third kappa shape index (κ3) is 4.31. The summed E-state index contributed by atoms with van der Waals surface area (Å²) in [5.41, 5.74) is 4.47. The van der Waals surface area contributed by atoms with E-state index in [0.717, 1.165) is 24.8 Å². The first-order valence-corrected chi connectivity index (χ1v) is 11.0. The zero-order valence-corrected chi connectivity index (χ0v) is 13.7. The van der Waals surface area contributed by atoms with Crippen LogP contribution in [0.5, 0.6) is 0 Å². The van der Waals surface area contributed by atoms with Crippen molar-refractivity contribution in [2.24, 2.45) is 0 Å². The molecule has 1 aliphatic carbocycles. The molecule has 20 heavy (non-hydrogen) atoms. The Labute approximate surface area is 123 Å². The van der Waals surface area contributed by atoms with Crippen molar-refractivity contribution in [1.82, 2.24) is 0 Å². The molecule has 0 heterocycles. The van der Waals surface area contributed by atoms with Gasteiger partial charge in [-0.15, -0.1) is 0 Å². The van der Waals surface area contributed by atoms with Crippen LogP contribution < -0.4 is 0 Å². The Bertz CT molecular complexity index is 520. The summed E-state index contributed by atoms with van der Waals surface area (Å²) < 4.78 is 0. The van der Waals surface area contributed by atoms with Crippen LogP contribution in [-0.2, 0) is 4.79 Å². The molecule has 2 heteroatoms. The van der Waals surface area contributed by atoms with E-state index in [-0.39, 0.29) is 5.78 Å². The minimum Gasteiger partial charge on any atom is -0.290 e. The van der Waals surface area contributed by atoms with E-state index in [4.69, 9.17) is 0 Å². The predicted molar refractivity (Wildman–Crippen MR) is 88.6 cm³/mol. The van der Waals surface area contributed by atoms with Crippen molar-refractivity contribution in [1.29, 1.82) is 0 Å². The minimum atomic E-state index is -1.29. The highest BCUT2D eigenvalue weighted by Crippen LogP contribution is 2.31. The molecular weight excluding hydrogens is 260 g/mol. The van der Waals surface area contributed by atoms with Crippen LogP contribution in [0.1, 0.15) is 30.7 Å². The summed E-state index contributed by atoms with van der Waals surface area (Å²) in [5, 5.41) is 0. The quantitative estimate of drug-likeness (QED) is 0.568. The number of ketones is 1. The van der Waals surface area contributed by atoms with E-state index < -0.39 is 8.07 Å². The van der Waals surface area contributed by atoms with Crippen molar-refractivity contribution in [2.75, 3.05) is 0 Å². The Morgan fingerprint density at radius 1 is 1.20 bits per heavy atom. The number of hydrogen-bond acceptors (Lipinski definition) is 1. The van der Waals surface area contributed by atoms with E-state index in [2.05, 4.69) is 55.7 Å². The second kappa shape index (κ2) is 6.36. The Hall–Kier alpha value is -1.41. The van der Waals surface area contributed by atoms with Crippen molar-refractivity contribution in [3.8, 4) is 0 Å². The zero-order valence-electron chi connectivity index (χ0n) is 12.7. The van der Waals surface area contributed by atoms with Gasteiger partial charge >= 0.3 is 0 Å². The number of rotatable bonds is 4. The van der Waals surface area contributed by atoms with Gasteiger partial charge in [0.2, 0.25) is 0 Å². The topological polar surface area (TPSA) is 17.1 Å². The largest absolute Gasteiger partial charge is 0.290 e. The number of carbonyl (C=O) groups is 1. The van der Waals surface area contributed by atoms with Crippen LogP contribution in [0, 0.1) is 0 Å². The molecule has 2 rings (SSSR count). The fourth-order valence-electron chi connectivity index (χ4n) is 2.52. The van der Waals surface area contributed by atoms with Gasteiger partial charge in [-0.2, -0.15) is 0 Å². The van der Waals surface area contributed by atoms with Crippen molar-refractivity contribution in [2.45, 2.75) is 44.8 Å². The van der Waals surface area contributed by atoms with Gasteiger partial charge in [-0.1, -0.05) is 61.7 Å². The van der Waals surface area contributed by atoms with Gasteiger partial charge in [0.15, 0.2) is 5.78 Å². The van der Waals surface area contributed by atoms with E-state index in [1.54, 1.807) is 0 Å². The third-order valence-corrected chi connectivity index (χ3v) is 4.81. The summed E-state index contributed by atoms with van der Waals surface area (Å²) in [7, 11) is -1.29.